The summed E-state index contributed by atoms with van der Waals surface area (Å²) in [5.74, 6) is 1.11. The number of rotatable bonds is 8. The maximum absolute atomic E-state index is 11.9. The number of hydrogen-bond acceptors (Lipinski definition) is 3. The van der Waals surface area contributed by atoms with Crippen LogP contribution >= 0.6 is 0 Å². The first kappa shape index (κ1) is 13.5. The Kier molecular flexibility index (Phi) is 6.07. The van der Waals surface area contributed by atoms with Crippen LogP contribution in [0.1, 0.15) is 30.1 Å². The van der Waals surface area contributed by atoms with E-state index in [1.807, 2.05) is 6.92 Å². The molecule has 0 aromatic heterocycles. The Bertz CT molecular complexity index is 353. The number of carbonyl (C=O) groups is 1. The van der Waals surface area contributed by atoms with E-state index in [-0.39, 0.29) is 6.61 Å². The summed E-state index contributed by atoms with van der Waals surface area (Å²) in [6, 6.07) is 5.03. The number of carbonyl (C=O) groups excluding carboxylic acids is 1. The average molecular weight is 240 g/mol. The number of ether oxygens (including phenoxy) is 2. The molecule has 94 valence electrons. The van der Waals surface area contributed by atoms with Crippen LogP contribution in [0.15, 0.2) is 18.2 Å². The van der Waals surface area contributed by atoms with Crippen molar-refractivity contribution in [3.05, 3.63) is 23.8 Å². The van der Waals surface area contributed by atoms with Crippen LogP contribution in [0.4, 0.5) is 4.39 Å². The minimum absolute atomic E-state index is 0.259. The van der Waals surface area contributed by atoms with Crippen LogP contribution in [0.2, 0.25) is 0 Å². The summed E-state index contributed by atoms with van der Waals surface area (Å²) in [7, 11) is 0. The quantitative estimate of drug-likeness (QED) is 0.517. The molecule has 0 aliphatic heterocycles. The minimum atomic E-state index is -0.428. The van der Waals surface area contributed by atoms with Gasteiger partial charge in [0, 0.05) is 12.5 Å². The minimum Gasteiger partial charge on any atom is -0.493 e. The molecule has 0 spiro atoms. The highest BCUT2D eigenvalue weighted by atomic mass is 19.1. The lowest BCUT2D eigenvalue weighted by molar-refractivity contribution is 0.111. The van der Waals surface area contributed by atoms with Gasteiger partial charge in [0.05, 0.1) is 25.5 Å². The van der Waals surface area contributed by atoms with E-state index >= 15 is 0 Å². The largest absolute Gasteiger partial charge is 0.493 e. The van der Waals surface area contributed by atoms with Gasteiger partial charge in [0.2, 0.25) is 0 Å². The van der Waals surface area contributed by atoms with E-state index in [9.17, 15) is 9.18 Å². The van der Waals surface area contributed by atoms with Gasteiger partial charge in [-0.1, -0.05) is 6.92 Å². The Morgan fingerprint density at radius 2 is 2.12 bits per heavy atom. The monoisotopic (exact) mass is 240 g/mol. The van der Waals surface area contributed by atoms with Crippen LogP contribution in [0, 0.1) is 0 Å². The molecule has 1 aromatic carbocycles. The molecule has 0 amide bonds. The van der Waals surface area contributed by atoms with Crippen molar-refractivity contribution in [3.63, 3.8) is 0 Å². The lowest BCUT2D eigenvalue weighted by atomic mass is 10.2. The van der Waals surface area contributed by atoms with Crippen molar-refractivity contribution in [3.8, 4) is 11.5 Å². The molecule has 0 aliphatic carbocycles. The van der Waals surface area contributed by atoms with Crippen molar-refractivity contribution < 1.29 is 18.7 Å². The molecule has 17 heavy (non-hydrogen) atoms. The highest BCUT2D eigenvalue weighted by molar-refractivity contribution is 5.79. The van der Waals surface area contributed by atoms with Crippen molar-refractivity contribution in [1.29, 1.82) is 0 Å². The zero-order chi connectivity index (χ0) is 12.5. The van der Waals surface area contributed by atoms with Gasteiger partial charge in [0.15, 0.2) is 6.29 Å². The van der Waals surface area contributed by atoms with E-state index in [1.54, 1.807) is 18.2 Å². The smallest absolute Gasteiger partial charge is 0.153 e. The van der Waals surface area contributed by atoms with Gasteiger partial charge in [0.25, 0.3) is 0 Å². The third-order valence-electron chi connectivity index (χ3n) is 2.12. The van der Waals surface area contributed by atoms with E-state index in [2.05, 4.69) is 0 Å². The molecule has 0 heterocycles. The predicted octanol–water partition coefficient (Wildman–Crippen LogP) is 3.03. The highest BCUT2D eigenvalue weighted by Gasteiger charge is 2.05. The molecular weight excluding hydrogens is 223 g/mol. The maximum atomic E-state index is 11.9. The molecule has 0 atom stereocenters. The van der Waals surface area contributed by atoms with Crippen LogP contribution in [0.5, 0.6) is 11.5 Å². The average Bonchev–Trinajstić information content (AvgIpc) is 2.37. The molecular formula is C13H17FO3. The molecule has 0 saturated heterocycles. The lowest BCUT2D eigenvalue weighted by Crippen LogP contribution is -2.02. The zero-order valence-electron chi connectivity index (χ0n) is 9.95. The van der Waals surface area contributed by atoms with Crippen molar-refractivity contribution in [2.75, 3.05) is 19.9 Å². The van der Waals surface area contributed by atoms with Gasteiger partial charge in [-0.2, -0.15) is 0 Å². The first-order valence-electron chi connectivity index (χ1n) is 5.72. The lowest BCUT2D eigenvalue weighted by Gasteiger charge is -2.10. The van der Waals surface area contributed by atoms with Gasteiger partial charge in [-0.3, -0.25) is 9.18 Å². The summed E-state index contributed by atoms with van der Waals surface area (Å²) in [5.41, 5.74) is 0.452. The third-order valence-corrected chi connectivity index (χ3v) is 2.12. The van der Waals surface area contributed by atoms with Gasteiger partial charge in [0.1, 0.15) is 11.5 Å². The summed E-state index contributed by atoms with van der Waals surface area (Å²) < 4.78 is 22.7. The third kappa shape index (κ3) is 4.43. The molecule has 0 bridgehead atoms. The van der Waals surface area contributed by atoms with Crippen LogP contribution < -0.4 is 9.47 Å². The molecule has 1 rings (SSSR count). The van der Waals surface area contributed by atoms with Crippen LogP contribution in [-0.4, -0.2) is 26.2 Å². The second-order valence-electron chi connectivity index (χ2n) is 3.56. The van der Waals surface area contributed by atoms with Crippen molar-refractivity contribution in [2.24, 2.45) is 0 Å². The molecule has 0 unspecified atom stereocenters. The summed E-state index contributed by atoms with van der Waals surface area (Å²) in [6.07, 6.45) is 1.94. The van der Waals surface area contributed by atoms with Crippen LogP contribution in [0.3, 0.4) is 0 Å². The maximum Gasteiger partial charge on any atom is 0.153 e. The molecule has 0 fully saturated rings. The summed E-state index contributed by atoms with van der Waals surface area (Å²) in [6.45, 7) is 2.46. The van der Waals surface area contributed by atoms with E-state index in [0.717, 1.165) is 6.42 Å². The Morgan fingerprint density at radius 1 is 1.29 bits per heavy atom. The van der Waals surface area contributed by atoms with E-state index < -0.39 is 6.67 Å². The standard InChI is InChI=1S/C13H17FO3/c1-2-7-16-12-5-4-11(10-15)13(9-12)17-8-3-6-14/h4-5,9-10H,2-3,6-8H2,1H3. The number of aldehydes is 1. The Morgan fingerprint density at radius 3 is 2.76 bits per heavy atom. The van der Waals surface area contributed by atoms with Crippen molar-refractivity contribution in [1.82, 2.24) is 0 Å². The van der Waals surface area contributed by atoms with E-state index in [1.165, 1.54) is 0 Å². The summed E-state index contributed by atoms with van der Waals surface area (Å²) in [5, 5.41) is 0. The Labute approximate surface area is 101 Å². The van der Waals surface area contributed by atoms with Gasteiger partial charge >= 0.3 is 0 Å². The van der Waals surface area contributed by atoms with Gasteiger partial charge in [-0.05, 0) is 18.6 Å². The topological polar surface area (TPSA) is 35.5 Å². The van der Waals surface area contributed by atoms with Gasteiger partial charge in [-0.15, -0.1) is 0 Å². The van der Waals surface area contributed by atoms with E-state index in [4.69, 9.17) is 9.47 Å². The number of halogens is 1. The molecule has 0 N–H and O–H groups in total. The second kappa shape index (κ2) is 7.65. The van der Waals surface area contributed by atoms with Crippen molar-refractivity contribution >= 4 is 6.29 Å². The fourth-order valence-corrected chi connectivity index (χ4v) is 1.28. The molecule has 3 nitrogen and oxygen atoms in total. The second-order valence-corrected chi connectivity index (χ2v) is 3.56. The van der Waals surface area contributed by atoms with E-state index in [0.29, 0.717) is 36.4 Å². The molecule has 0 radical (unpaired) electrons. The summed E-state index contributed by atoms with van der Waals surface area (Å²) >= 11 is 0. The molecule has 1 aromatic rings. The van der Waals surface area contributed by atoms with Gasteiger partial charge in [-0.25, -0.2) is 0 Å². The predicted molar refractivity (Wildman–Crippen MR) is 63.7 cm³/mol. The number of hydrogen-bond donors (Lipinski definition) is 0. The van der Waals surface area contributed by atoms with Crippen LogP contribution in [-0.2, 0) is 0 Å². The normalized spacial score (nSPS) is 10.0. The Hall–Kier alpha value is -1.58. The fraction of sp³-hybridized carbons (Fsp3) is 0.462. The first-order chi connectivity index (χ1) is 8.31. The number of benzene rings is 1. The summed E-state index contributed by atoms with van der Waals surface area (Å²) in [4.78, 5) is 10.8. The molecule has 0 saturated carbocycles. The Balaban J connectivity index is 2.71. The van der Waals surface area contributed by atoms with Crippen LogP contribution in [0.25, 0.3) is 0 Å². The highest BCUT2D eigenvalue weighted by Crippen LogP contribution is 2.24. The number of alkyl halides is 1. The molecule has 4 heteroatoms. The fourth-order valence-electron chi connectivity index (χ4n) is 1.28. The zero-order valence-corrected chi connectivity index (χ0v) is 9.95. The SMILES string of the molecule is CCCOc1ccc(C=O)c(OCCCF)c1. The van der Waals surface area contributed by atoms with Crippen molar-refractivity contribution in [2.45, 2.75) is 19.8 Å². The van der Waals surface area contributed by atoms with Gasteiger partial charge < -0.3 is 9.47 Å². The molecule has 0 aliphatic rings. The first-order valence-corrected chi connectivity index (χ1v) is 5.72.